The highest BCUT2D eigenvalue weighted by molar-refractivity contribution is 8.14. The number of hydrogen-bond acceptors (Lipinski definition) is 3. The average molecular weight is 254 g/mol. The summed E-state index contributed by atoms with van der Waals surface area (Å²) in [5, 5.41) is 5.57. The Morgan fingerprint density at radius 3 is 2.82 bits per heavy atom. The van der Waals surface area contributed by atoms with E-state index < -0.39 is 0 Å². The van der Waals surface area contributed by atoms with Gasteiger partial charge in [0.1, 0.15) is 0 Å². The van der Waals surface area contributed by atoms with E-state index in [1.165, 1.54) is 30.9 Å². The molecule has 98 valence electrons. The third-order valence-corrected chi connectivity index (χ3v) is 4.89. The normalized spacial score (nSPS) is 31.9. The molecular weight excluding hydrogens is 228 g/mol. The van der Waals surface area contributed by atoms with Crippen LogP contribution >= 0.6 is 11.8 Å². The number of rotatable bonds is 3. The second kappa shape index (κ2) is 5.21. The van der Waals surface area contributed by atoms with Crippen molar-refractivity contribution in [3.05, 3.63) is 0 Å². The van der Waals surface area contributed by atoms with Gasteiger partial charge in [0, 0.05) is 11.3 Å². The van der Waals surface area contributed by atoms with Crippen molar-refractivity contribution in [2.45, 2.75) is 64.7 Å². The van der Waals surface area contributed by atoms with Crippen LogP contribution in [-0.4, -0.2) is 23.0 Å². The summed E-state index contributed by atoms with van der Waals surface area (Å²) in [5.41, 5.74) is 0.527. The Morgan fingerprint density at radius 2 is 2.24 bits per heavy atom. The molecule has 0 spiro atoms. The highest BCUT2D eigenvalue weighted by Gasteiger charge is 2.32. The number of nitrogens with zero attached hydrogens (tertiary/aromatic N) is 1. The summed E-state index contributed by atoms with van der Waals surface area (Å²) in [6.07, 6.45) is 5.23. The first-order valence-electron chi connectivity index (χ1n) is 6.92. The lowest BCUT2D eigenvalue weighted by molar-refractivity contribution is 0.372. The van der Waals surface area contributed by atoms with Crippen molar-refractivity contribution in [2.75, 3.05) is 6.54 Å². The van der Waals surface area contributed by atoms with Gasteiger partial charge >= 0.3 is 0 Å². The summed E-state index contributed by atoms with van der Waals surface area (Å²) in [5.74, 6) is 0.785. The maximum atomic E-state index is 4.65. The zero-order valence-electron chi connectivity index (χ0n) is 11.6. The first-order valence-corrected chi connectivity index (χ1v) is 7.80. The van der Waals surface area contributed by atoms with E-state index in [0.29, 0.717) is 16.7 Å². The minimum absolute atomic E-state index is 0.527. The predicted molar refractivity (Wildman–Crippen MR) is 77.7 cm³/mol. The second-order valence-corrected chi connectivity index (χ2v) is 8.05. The molecule has 0 bridgehead atoms. The Balaban J connectivity index is 1.75. The van der Waals surface area contributed by atoms with Gasteiger partial charge in [-0.1, -0.05) is 39.5 Å². The van der Waals surface area contributed by atoms with Gasteiger partial charge in [-0.25, -0.2) is 0 Å². The van der Waals surface area contributed by atoms with Crippen LogP contribution < -0.4 is 5.32 Å². The maximum Gasteiger partial charge on any atom is 0.157 e. The Kier molecular flexibility index (Phi) is 4.06. The van der Waals surface area contributed by atoms with Crippen LogP contribution in [0.25, 0.3) is 0 Å². The predicted octanol–water partition coefficient (Wildman–Crippen LogP) is 3.67. The summed E-state index contributed by atoms with van der Waals surface area (Å²) in [4.78, 5) is 4.65. The van der Waals surface area contributed by atoms with Gasteiger partial charge in [-0.05, 0) is 37.0 Å². The van der Waals surface area contributed by atoms with E-state index in [4.69, 9.17) is 0 Å². The first kappa shape index (κ1) is 13.3. The minimum Gasteiger partial charge on any atom is -0.362 e. The molecule has 0 radical (unpaired) electrons. The van der Waals surface area contributed by atoms with E-state index in [-0.39, 0.29) is 0 Å². The van der Waals surface area contributed by atoms with E-state index in [1.807, 2.05) is 11.8 Å². The van der Waals surface area contributed by atoms with Crippen LogP contribution in [0.2, 0.25) is 0 Å². The molecule has 2 unspecified atom stereocenters. The Morgan fingerprint density at radius 1 is 1.47 bits per heavy atom. The Bertz CT molecular complexity index is 297. The topological polar surface area (TPSA) is 24.4 Å². The molecule has 0 aromatic heterocycles. The van der Waals surface area contributed by atoms with Gasteiger partial charge in [-0.3, -0.25) is 4.99 Å². The van der Waals surface area contributed by atoms with E-state index in [9.17, 15) is 0 Å². The smallest absolute Gasteiger partial charge is 0.157 e. The zero-order valence-corrected chi connectivity index (χ0v) is 12.4. The van der Waals surface area contributed by atoms with Crippen LogP contribution in [0.1, 0.15) is 53.4 Å². The molecule has 17 heavy (non-hydrogen) atoms. The third kappa shape index (κ3) is 3.90. The van der Waals surface area contributed by atoms with E-state index in [2.05, 4.69) is 38.0 Å². The molecule has 2 aliphatic rings. The molecule has 2 nitrogen and oxygen atoms in total. The number of thioether (sulfide) groups is 1. The summed E-state index contributed by atoms with van der Waals surface area (Å²) in [6, 6.07) is 0.661. The summed E-state index contributed by atoms with van der Waals surface area (Å²) >= 11 is 1.96. The lowest BCUT2D eigenvalue weighted by atomic mass is 9.92. The van der Waals surface area contributed by atoms with Crippen molar-refractivity contribution in [2.24, 2.45) is 16.3 Å². The zero-order chi connectivity index (χ0) is 12.5. The van der Waals surface area contributed by atoms with Crippen molar-refractivity contribution in [3.8, 4) is 0 Å². The van der Waals surface area contributed by atoms with Crippen molar-refractivity contribution < 1.29 is 0 Å². The maximum absolute atomic E-state index is 4.65. The highest BCUT2D eigenvalue weighted by atomic mass is 32.2. The molecule has 0 amide bonds. The van der Waals surface area contributed by atoms with Crippen LogP contribution in [0.5, 0.6) is 0 Å². The fraction of sp³-hybridized carbons (Fsp3) is 0.929. The monoisotopic (exact) mass is 254 g/mol. The molecule has 1 aliphatic carbocycles. The van der Waals surface area contributed by atoms with E-state index in [1.54, 1.807) is 0 Å². The molecule has 1 fully saturated rings. The molecule has 1 N–H and O–H groups in total. The second-order valence-electron chi connectivity index (χ2n) is 6.76. The molecule has 1 saturated carbocycles. The first-order chi connectivity index (χ1) is 7.94. The Hall–Kier alpha value is -0.180. The van der Waals surface area contributed by atoms with Gasteiger partial charge in [-0.2, -0.15) is 0 Å². The lowest BCUT2D eigenvalue weighted by Gasteiger charge is -2.18. The van der Waals surface area contributed by atoms with Gasteiger partial charge in [0.15, 0.2) is 5.17 Å². The molecular formula is C14H26N2S. The molecule has 0 aromatic rings. The molecule has 3 heteroatoms. The van der Waals surface area contributed by atoms with Crippen molar-refractivity contribution >= 4 is 16.9 Å². The van der Waals surface area contributed by atoms with Crippen LogP contribution in [0.15, 0.2) is 4.99 Å². The van der Waals surface area contributed by atoms with Gasteiger partial charge < -0.3 is 5.32 Å². The number of amidine groups is 1. The summed E-state index contributed by atoms with van der Waals surface area (Å²) in [7, 11) is 0. The van der Waals surface area contributed by atoms with Gasteiger partial charge in [-0.15, -0.1) is 0 Å². The molecule has 2 rings (SSSR count). The van der Waals surface area contributed by atoms with Gasteiger partial charge in [0.2, 0.25) is 0 Å². The average Bonchev–Trinajstić information content (AvgIpc) is 2.73. The summed E-state index contributed by atoms with van der Waals surface area (Å²) in [6.45, 7) is 10.4. The quantitative estimate of drug-likeness (QED) is 0.831. The van der Waals surface area contributed by atoms with Crippen LogP contribution in [0.3, 0.4) is 0 Å². The fourth-order valence-corrected chi connectivity index (χ4v) is 4.21. The van der Waals surface area contributed by atoms with Crippen molar-refractivity contribution in [1.29, 1.82) is 0 Å². The molecule has 0 saturated heterocycles. The van der Waals surface area contributed by atoms with E-state index in [0.717, 1.165) is 12.5 Å². The Labute approximate surface area is 110 Å². The van der Waals surface area contributed by atoms with Crippen molar-refractivity contribution in [3.63, 3.8) is 0 Å². The lowest BCUT2D eigenvalue weighted by Crippen LogP contribution is -2.31. The largest absolute Gasteiger partial charge is 0.362 e. The molecule has 1 heterocycles. The standard InChI is InChI=1S/C14H26N2S/c1-10(2)7-12-9-15-13(17-12)16-11-5-6-14(3,4)8-11/h10-12H,5-9H2,1-4H3,(H,15,16). The van der Waals surface area contributed by atoms with Crippen LogP contribution in [0.4, 0.5) is 0 Å². The van der Waals surface area contributed by atoms with Crippen LogP contribution in [-0.2, 0) is 0 Å². The van der Waals surface area contributed by atoms with Gasteiger partial charge in [0.25, 0.3) is 0 Å². The van der Waals surface area contributed by atoms with E-state index >= 15 is 0 Å². The molecule has 1 aliphatic heterocycles. The summed E-state index contributed by atoms with van der Waals surface area (Å²) < 4.78 is 0. The van der Waals surface area contributed by atoms with Crippen molar-refractivity contribution in [1.82, 2.24) is 5.32 Å². The van der Waals surface area contributed by atoms with Gasteiger partial charge in [0.05, 0.1) is 6.54 Å². The third-order valence-electron chi connectivity index (χ3n) is 3.75. The fourth-order valence-electron chi connectivity index (χ4n) is 2.88. The SMILES string of the molecule is CC(C)CC1CN=C(NC2CCC(C)(C)C2)S1. The number of hydrogen-bond donors (Lipinski definition) is 1. The van der Waals surface area contributed by atoms with Crippen LogP contribution in [0, 0.1) is 11.3 Å². The highest BCUT2D eigenvalue weighted by Crippen LogP contribution is 2.37. The minimum atomic E-state index is 0.527. The molecule has 0 aromatic carbocycles. The number of aliphatic imine (C=N–C) groups is 1. The molecule has 2 atom stereocenters. The number of nitrogens with one attached hydrogen (secondary N) is 1.